The minimum atomic E-state index is -1.53. The third kappa shape index (κ3) is 3.88. The molecule has 11 nitrogen and oxygen atoms in total. The molecule has 0 saturated carbocycles. The van der Waals surface area contributed by atoms with Crippen LogP contribution in [0.25, 0.3) is 5.69 Å². The van der Waals surface area contributed by atoms with Gasteiger partial charge in [-0.2, -0.15) is 5.10 Å². The zero-order valence-corrected chi connectivity index (χ0v) is 19.4. The third-order valence-electron chi connectivity index (χ3n) is 5.35. The van der Waals surface area contributed by atoms with Gasteiger partial charge >= 0.3 is 5.97 Å². The molecule has 2 aliphatic heterocycles. The van der Waals surface area contributed by atoms with E-state index in [2.05, 4.69) is 15.6 Å². The van der Waals surface area contributed by atoms with Crippen molar-refractivity contribution in [3.05, 3.63) is 77.4 Å². The molecule has 0 bridgehead atoms. The summed E-state index contributed by atoms with van der Waals surface area (Å²) in [5.41, 5.74) is 0.465. The number of hydrogen-bond acceptors (Lipinski definition) is 9. The van der Waals surface area contributed by atoms with Crippen LogP contribution in [0.2, 0.25) is 0 Å². The maximum atomic E-state index is 12.6. The molecule has 3 N–H and O–H groups in total. The smallest absolute Gasteiger partial charge is 0.353 e. The predicted octanol–water partition coefficient (Wildman–Crippen LogP) is 2.59. The number of hydrogen-bond donors (Lipinski definition) is 3. The molecule has 0 radical (unpaired) electrons. The average Bonchev–Trinajstić information content (AvgIpc) is 3.53. The molecule has 178 valence electrons. The van der Waals surface area contributed by atoms with Gasteiger partial charge in [0.25, 0.3) is 5.91 Å². The number of carbonyl (C=O) groups is 3. The first-order valence-corrected chi connectivity index (χ1v) is 11.9. The van der Waals surface area contributed by atoms with Gasteiger partial charge < -0.3 is 20.0 Å². The first-order valence-electron chi connectivity index (χ1n) is 10.2. The van der Waals surface area contributed by atoms with Crippen LogP contribution in [0.5, 0.6) is 0 Å². The highest BCUT2D eigenvalue weighted by molar-refractivity contribution is 8.06. The van der Waals surface area contributed by atoms with Gasteiger partial charge in [0.1, 0.15) is 22.7 Å². The molecule has 1 saturated heterocycles. The number of nitrogens with zero attached hydrogens (tertiary/aromatic N) is 4. The molecule has 0 aliphatic carbocycles. The van der Waals surface area contributed by atoms with Crippen LogP contribution in [-0.4, -0.2) is 54.4 Å². The highest BCUT2D eigenvalue weighted by atomic mass is 32.2. The second-order valence-electron chi connectivity index (χ2n) is 7.43. The summed E-state index contributed by atoms with van der Waals surface area (Å²) in [6.07, 6.45) is 3.73. The van der Waals surface area contributed by atoms with Crippen LogP contribution in [0.1, 0.15) is 12.2 Å². The van der Waals surface area contributed by atoms with Crippen molar-refractivity contribution < 1.29 is 29.1 Å². The predicted molar refractivity (Wildman–Crippen MR) is 126 cm³/mol. The zero-order valence-electron chi connectivity index (χ0n) is 17.8. The summed E-state index contributed by atoms with van der Waals surface area (Å²) in [7, 11) is 0. The molecular weight excluding hydrogens is 494 g/mol. The summed E-state index contributed by atoms with van der Waals surface area (Å²) < 4.78 is 7.29. The molecule has 1 fully saturated rings. The number of carbonyl (C=O) groups excluding carboxylic acids is 2. The molecule has 2 aliphatic rings. The Hall–Kier alpha value is -3.97. The van der Waals surface area contributed by atoms with Gasteiger partial charge in [0.2, 0.25) is 5.91 Å². The van der Waals surface area contributed by atoms with E-state index in [1.54, 1.807) is 29.1 Å². The topological polar surface area (TPSA) is 150 Å². The van der Waals surface area contributed by atoms with E-state index in [-0.39, 0.29) is 28.7 Å². The largest absolute Gasteiger partial charge is 0.477 e. The quantitative estimate of drug-likeness (QED) is 0.188. The molecular formula is C22H17N5O6S2. The Morgan fingerprint density at radius 3 is 2.71 bits per heavy atom. The van der Waals surface area contributed by atoms with Crippen molar-refractivity contribution in [2.24, 2.45) is 5.16 Å². The normalized spacial score (nSPS) is 21.7. The summed E-state index contributed by atoms with van der Waals surface area (Å²) >= 11 is 2.20. The number of fused-ring (bicyclic) bond motifs is 1. The number of β-lactam (4-membered cyclic amide) rings is 1. The number of carboxylic acid groups (broad SMARTS) is 1. The number of aromatic nitrogens is 2. The molecule has 1 unspecified atom stereocenters. The van der Waals surface area contributed by atoms with E-state index in [1.807, 2.05) is 30.3 Å². The number of benzene rings is 1. The Morgan fingerprint density at radius 1 is 1.26 bits per heavy atom. The van der Waals surface area contributed by atoms with Crippen LogP contribution in [0, 0.1) is 0 Å². The Balaban J connectivity index is 1.72. The van der Waals surface area contributed by atoms with Crippen LogP contribution in [0.15, 0.2) is 86.2 Å². The SMILES string of the molecule is O=C(C=NO)NC1(c2ccco2)S[C@H]2CC(=O)N2C(C(=O)O)=C1Sc1ccnn1-c1ccccc1. The molecule has 0 spiro atoms. The minimum Gasteiger partial charge on any atom is -0.477 e. The minimum absolute atomic E-state index is 0.0910. The van der Waals surface area contributed by atoms with Crippen LogP contribution >= 0.6 is 23.5 Å². The van der Waals surface area contributed by atoms with E-state index in [9.17, 15) is 19.5 Å². The molecule has 2 aromatic heterocycles. The van der Waals surface area contributed by atoms with Crippen LogP contribution < -0.4 is 5.32 Å². The fourth-order valence-electron chi connectivity index (χ4n) is 3.90. The first kappa shape index (κ1) is 22.8. The van der Waals surface area contributed by atoms with E-state index in [0.717, 1.165) is 29.2 Å². The molecule has 3 aromatic rings. The monoisotopic (exact) mass is 511 g/mol. The van der Waals surface area contributed by atoms with Crippen molar-refractivity contribution in [3.63, 3.8) is 0 Å². The van der Waals surface area contributed by atoms with Crippen molar-refractivity contribution in [3.8, 4) is 5.69 Å². The molecule has 5 rings (SSSR count). The van der Waals surface area contributed by atoms with Crippen molar-refractivity contribution in [1.82, 2.24) is 20.0 Å². The van der Waals surface area contributed by atoms with Gasteiger partial charge in [0, 0.05) is 0 Å². The number of para-hydroxylation sites is 1. The van der Waals surface area contributed by atoms with Gasteiger partial charge in [-0.05, 0) is 30.3 Å². The highest BCUT2D eigenvalue weighted by Crippen LogP contribution is 2.58. The van der Waals surface area contributed by atoms with E-state index in [0.29, 0.717) is 11.2 Å². The van der Waals surface area contributed by atoms with E-state index in [1.165, 1.54) is 11.2 Å². The second kappa shape index (κ2) is 9.00. The maximum absolute atomic E-state index is 12.6. The zero-order chi connectivity index (χ0) is 24.6. The molecule has 2 amide bonds. The van der Waals surface area contributed by atoms with Crippen molar-refractivity contribution in [2.75, 3.05) is 0 Å². The lowest BCUT2D eigenvalue weighted by Crippen LogP contribution is -2.60. The van der Waals surface area contributed by atoms with Gasteiger partial charge in [0.05, 0.1) is 34.8 Å². The number of amides is 2. The molecule has 2 atom stereocenters. The summed E-state index contributed by atoms with van der Waals surface area (Å²) in [4.78, 5) is 37.5. The summed E-state index contributed by atoms with van der Waals surface area (Å²) in [5.74, 6) is -2.22. The van der Waals surface area contributed by atoms with Crippen molar-refractivity contribution >= 4 is 47.5 Å². The lowest BCUT2D eigenvalue weighted by molar-refractivity contribution is -0.146. The Morgan fingerprint density at radius 2 is 2.06 bits per heavy atom. The third-order valence-corrected chi connectivity index (χ3v) is 8.22. The number of furan rings is 1. The Kier molecular flexibility index (Phi) is 5.86. The maximum Gasteiger partial charge on any atom is 0.353 e. The lowest BCUT2D eigenvalue weighted by atomic mass is 10.1. The molecule has 13 heteroatoms. The molecule has 1 aromatic carbocycles. The Bertz CT molecular complexity index is 1350. The fourth-order valence-corrected chi connectivity index (χ4v) is 6.88. The van der Waals surface area contributed by atoms with E-state index in [4.69, 9.17) is 9.62 Å². The first-order chi connectivity index (χ1) is 16.9. The summed E-state index contributed by atoms with van der Waals surface area (Å²) in [5, 5.41) is 29.0. The second-order valence-corrected chi connectivity index (χ2v) is 9.86. The number of thioether (sulfide) groups is 2. The number of oxime groups is 1. The van der Waals surface area contributed by atoms with E-state index < -0.39 is 22.1 Å². The standard InChI is InChI=1S/C22H17N5O6S2/c28-15(12-24-32)25-22(14-7-4-10-33-14)20(19(21(30)31)26-16(29)11-18(26)35-22)34-17-8-9-23-27(17)13-5-2-1-3-6-13/h1-10,12,18,32H,11H2,(H,25,28)(H,30,31)/t18-,22?/m0/s1. The van der Waals surface area contributed by atoms with Gasteiger partial charge in [-0.1, -0.05) is 46.9 Å². The van der Waals surface area contributed by atoms with Crippen LogP contribution in [-0.2, 0) is 19.3 Å². The number of rotatable bonds is 7. The fraction of sp³-hybridized carbons (Fsp3) is 0.136. The highest BCUT2D eigenvalue weighted by Gasteiger charge is 2.58. The van der Waals surface area contributed by atoms with Gasteiger partial charge in [-0.15, -0.1) is 0 Å². The Labute approximate surface area is 206 Å². The number of carboxylic acids is 1. The van der Waals surface area contributed by atoms with Crippen molar-refractivity contribution in [2.45, 2.75) is 21.7 Å². The summed E-state index contributed by atoms with van der Waals surface area (Å²) in [6.45, 7) is 0. The van der Waals surface area contributed by atoms with Crippen LogP contribution in [0.4, 0.5) is 0 Å². The number of aliphatic carboxylic acids is 1. The lowest BCUT2D eigenvalue weighted by Gasteiger charge is -2.50. The van der Waals surface area contributed by atoms with Gasteiger partial charge in [-0.3, -0.25) is 14.5 Å². The average molecular weight is 512 g/mol. The summed E-state index contributed by atoms with van der Waals surface area (Å²) in [6, 6.07) is 14.1. The van der Waals surface area contributed by atoms with Crippen LogP contribution in [0.3, 0.4) is 0 Å². The van der Waals surface area contributed by atoms with Gasteiger partial charge in [0.15, 0.2) is 4.87 Å². The van der Waals surface area contributed by atoms with E-state index >= 15 is 0 Å². The molecule has 4 heterocycles. The van der Waals surface area contributed by atoms with Gasteiger partial charge in [-0.25, -0.2) is 9.48 Å². The molecule has 35 heavy (non-hydrogen) atoms. The number of nitrogens with one attached hydrogen (secondary N) is 1. The van der Waals surface area contributed by atoms with Crippen molar-refractivity contribution in [1.29, 1.82) is 0 Å².